The number of epoxide rings is 1. The molecule has 0 aliphatic carbocycles. The van der Waals surface area contributed by atoms with Gasteiger partial charge in [-0.2, -0.15) is 13.2 Å². The monoisotopic (exact) mass is 408 g/mol. The summed E-state index contributed by atoms with van der Waals surface area (Å²) in [5.74, 6) is 0.142. The predicted octanol–water partition coefficient (Wildman–Crippen LogP) is 4.05. The molecule has 1 saturated heterocycles. The van der Waals surface area contributed by atoms with Crippen LogP contribution in [0.15, 0.2) is 6.07 Å². The number of carbonyl (C=O) groups is 1. The van der Waals surface area contributed by atoms with E-state index in [1.165, 1.54) is 6.07 Å². The van der Waals surface area contributed by atoms with Crippen molar-refractivity contribution in [3.8, 4) is 5.75 Å². The molecule has 6 nitrogen and oxygen atoms in total. The number of halogens is 4. The van der Waals surface area contributed by atoms with Crippen LogP contribution in [-0.2, 0) is 20.6 Å². The van der Waals surface area contributed by atoms with E-state index in [-0.39, 0.29) is 23.2 Å². The Morgan fingerprint density at radius 2 is 2.00 bits per heavy atom. The fraction of sp³-hybridized carbons (Fsp3) is 0.647. The summed E-state index contributed by atoms with van der Waals surface area (Å²) >= 11 is 6.10. The van der Waals surface area contributed by atoms with Crippen molar-refractivity contribution in [3.63, 3.8) is 0 Å². The van der Waals surface area contributed by atoms with Crippen LogP contribution >= 0.6 is 11.6 Å². The Morgan fingerprint density at radius 1 is 1.37 bits per heavy atom. The molecular formula is C17H20ClF3N2O4. The number of hydrogen-bond donors (Lipinski definition) is 1. The van der Waals surface area contributed by atoms with E-state index in [1.807, 2.05) is 0 Å². The molecule has 150 valence electrons. The summed E-state index contributed by atoms with van der Waals surface area (Å²) in [6, 6.07) is 1.23. The summed E-state index contributed by atoms with van der Waals surface area (Å²) in [5, 5.41) is 2.51. The molecule has 0 bridgehead atoms. The third-order valence-electron chi connectivity index (χ3n) is 4.46. The Hall–Kier alpha value is -1.74. The molecule has 1 N–H and O–H groups in total. The van der Waals surface area contributed by atoms with Crippen LogP contribution < -0.4 is 10.1 Å². The number of hydrogen-bond acceptors (Lipinski definition) is 5. The summed E-state index contributed by atoms with van der Waals surface area (Å²) in [5.41, 5.74) is -4.30. The fourth-order valence-corrected chi connectivity index (χ4v) is 3.18. The number of fused-ring (bicyclic) bond motifs is 1. The highest BCUT2D eigenvalue weighted by atomic mass is 35.5. The van der Waals surface area contributed by atoms with Gasteiger partial charge in [0.05, 0.1) is 24.4 Å². The van der Waals surface area contributed by atoms with Gasteiger partial charge < -0.3 is 19.5 Å². The number of ether oxygens (including phenoxy) is 3. The maximum Gasteiger partial charge on any atom is 0.425 e. The number of nitrogens with one attached hydrogen (secondary N) is 1. The minimum absolute atomic E-state index is 0.142. The van der Waals surface area contributed by atoms with E-state index in [0.717, 1.165) is 0 Å². The first-order valence-corrected chi connectivity index (χ1v) is 8.71. The van der Waals surface area contributed by atoms with Crippen molar-refractivity contribution >= 4 is 17.7 Å². The summed E-state index contributed by atoms with van der Waals surface area (Å²) in [6.07, 6.45) is -5.01. The van der Waals surface area contributed by atoms with E-state index in [1.54, 1.807) is 27.7 Å². The zero-order valence-electron chi connectivity index (χ0n) is 15.3. The van der Waals surface area contributed by atoms with E-state index < -0.39 is 35.6 Å². The first kappa shape index (κ1) is 20.0. The largest absolute Gasteiger partial charge is 0.490 e. The maximum absolute atomic E-state index is 13.4. The predicted molar refractivity (Wildman–Crippen MR) is 89.8 cm³/mol. The highest BCUT2D eigenvalue weighted by Crippen LogP contribution is 2.53. The van der Waals surface area contributed by atoms with Crippen molar-refractivity contribution in [2.45, 2.75) is 57.0 Å². The summed E-state index contributed by atoms with van der Waals surface area (Å²) in [7, 11) is 0. The molecule has 3 rings (SSSR count). The molecule has 0 saturated carbocycles. The lowest BCUT2D eigenvalue weighted by Crippen LogP contribution is -2.48. The molecule has 0 aromatic carbocycles. The number of carbonyl (C=O) groups excluding carboxylic acids is 1. The molecule has 10 heteroatoms. The molecule has 1 amide bonds. The smallest absolute Gasteiger partial charge is 0.425 e. The van der Waals surface area contributed by atoms with Gasteiger partial charge in [-0.25, -0.2) is 9.78 Å². The number of amides is 1. The topological polar surface area (TPSA) is 73.0 Å². The molecule has 2 aliphatic rings. The molecule has 1 aromatic rings. The van der Waals surface area contributed by atoms with Crippen molar-refractivity contribution in [2.24, 2.45) is 0 Å². The second kappa shape index (κ2) is 6.13. The Labute approximate surface area is 159 Å². The first-order chi connectivity index (χ1) is 12.3. The number of nitrogens with zero attached hydrogens (tertiary/aromatic N) is 1. The zero-order valence-corrected chi connectivity index (χ0v) is 16.0. The highest BCUT2D eigenvalue weighted by Gasteiger charge is 2.68. The van der Waals surface area contributed by atoms with Crippen molar-refractivity contribution in [2.75, 3.05) is 13.2 Å². The van der Waals surface area contributed by atoms with Crippen molar-refractivity contribution in [1.82, 2.24) is 10.3 Å². The standard InChI is InChI=1S/C17H20ClF3N2O4/c1-14(2,3)27-13(24)23-15(4)5-6-25-11-9(15)7-10(22-12(11)18)16(8-26-16)17(19,20)21/h7H,5-6,8H2,1-4H3,(H,23,24). The minimum Gasteiger partial charge on any atom is -0.490 e. The van der Waals surface area contributed by atoms with Crippen molar-refractivity contribution < 1.29 is 32.2 Å². The Balaban J connectivity index is 2.00. The number of aromatic nitrogens is 1. The molecule has 0 spiro atoms. The first-order valence-electron chi connectivity index (χ1n) is 8.34. The second-order valence-corrected chi connectivity index (χ2v) is 8.20. The number of pyridine rings is 1. The average Bonchev–Trinajstić information content (AvgIpc) is 3.27. The Bertz CT molecular complexity index is 775. The van der Waals surface area contributed by atoms with Gasteiger partial charge in [0, 0.05) is 12.0 Å². The van der Waals surface area contributed by atoms with E-state index in [2.05, 4.69) is 10.3 Å². The van der Waals surface area contributed by atoms with Gasteiger partial charge in [0.25, 0.3) is 0 Å². The van der Waals surface area contributed by atoms with Gasteiger partial charge in [0.2, 0.25) is 5.60 Å². The average molecular weight is 409 g/mol. The fourth-order valence-electron chi connectivity index (χ4n) is 2.94. The van der Waals surface area contributed by atoms with E-state index in [9.17, 15) is 18.0 Å². The molecule has 27 heavy (non-hydrogen) atoms. The lowest BCUT2D eigenvalue weighted by molar-refractivity contribution is -0.188. The minimum atomic E-state index is -4.64. The molecule has 0 radical (unpaired) electrons. The lowest BCUT2D eigenvalue weighted by Gasteiger charge is -2.37. The van der Waals surface area contributed by atoms with Crippen LogP contribution in [0.1, 0.15) is 45.4 Å². The molecule has 2 aliphatic heterocycles. The van der Waals surface area contributed by atoms with E-state index >= 15 is 0 Å². The Morgan fingerprint density at radius 3 is 2.52 bits per heavy atom. The van der Waals surface area contributed by atoms with Gasteiger partial charge in [0.15, 0.2) is 10.9 Å². The Kier molecular flexibility index (Phi) is 4.54. The molecule has 1 fully saturated rings. The number of rotatable bonds is 2. The van der Waals surface area contributed by atoms with Crippen molar-refractivity contribution in [1.29, 1.82) is 0 Å². The van der Waals surface area contributed by atoms with Gasteiger partial charge in [-0.05, 0) is 33.8 Å². The van der Waals surface area contributed by atoms with Crippen LogP contribution in [0, 0.1) is 0 Å². The molecule has 3 heterocycles. The lowest BCUT2D eigenvalue weighted by atomic mass is 9.85. The van der Waals surface area contributed by atoms with Gasteiger partial charge in [0.1, 0.15) is 5.60 Å². The van der Waals surface area contributed by atoms with Crippen molar-refractivity contribution in [3.05, 3.63) is 22.5 Å². The summed E-state index contributed by atoms with van der Waals surface area (Å²) in [6.45, 7) is 6.48. The van der Waals surface area contributed by atoms with Crippen LogP contribution in [0.5, 0.6) is 5.75 Å². The van der Waals surface area contributed by atoms with Crippen LogP contribution in [0.4, 0.5) is 18.0 Å². The van der Waals surface area contributed by atoms with Crippen LogP contribution in [0.25, 0.3) is 0 Å². The van der Waals surface area contributed by atoms with Crippen LogP contribution in [0.3, 0.4) is 0 Å². The SMILES string of the molecule is CC(C)(C)OC(=O)NC1(C)CCOc2c1cc(C1(C(F)(F)F)CO1)nc2Cl. The molecule has 1 aromatic heterocycles. The molecule has 2 unspecified atom stereocenters. The third-order valence-corrected chi connectivity index (χ3v) is 4.71. The zero-order chi connectivity index (χ0) is 20.3. The van der Waals surface area contributed by atoms with Gasteiger partial charge in [-0.1, -0.05) is 11.6 Å². The van der Waals surface area contributed by atoms with Gasteiger partial charge in [-0.15, -0.1) is 0 Å². The van der Waals surface area contributed by atoms with Gasteiger partial charge in [-0.3, -0.25) is 0 Å². The van der Waals surface area contributed by atoms with Crippen LogP contribution in [-0.4, -0.2) is 36.1 Å². The van der Waals surface area contributed by atoms with Gasteiger partial charge >= 0.3 is 12.3 Å². The number of alkyl carbamates (subject to hydrolysis) is 1. The van der Waals surface area contributed by atoms with E-state index in [0.29, 0.717) is 12.0 Å². The maximum atomic E-state index is 13.4. The summed E-state index contributed by atoms with van der Waals surface area (Å²) < 4.78 is 55.7. The molecule has 2 atom stereocenters. The highest BCUT2D eigenvalue weighted by molar-refractivity contribution is 6.31. The normalized spacial score (nSPS) is 27.4. The quantitative estimate of drug-likeness (QED) is 0.590. The van der Waals surface area contributed by atoms with Crippen LogP contribution in [0.2, 0.25) is 5.15 Å². The summed E-state index contributed by atoms with van der Waals surface area (Å²) in [4.78, 5) is 16.1. The second-order valence-electron chi connectivity index (χ2n) is 7.85. The number of alkyl halides is 3. The molecular weight excluding hydrogens is 389 g/mol. The van der Waals surface area contributed by atoms with E-state index in [4.69, 9.17) is 25.8 Å². The third kappa shape index (κ3) is 3.67.